The van der Waals surface area contributed by atoms with Gasteiger partial charge < -0.3 is 14.5 Å². The van der Waals surface area contributed by atoms with E-state index in [2.05, 4.69) is 29.2 Å². The molecule has 1 aliphatic rings. The van der Waals surface area contributed by atoms with Gasteiger partial charge in [-0.2, -0.15) is 0 Å². The van der Waals surface area contributed by atoms with Crippen molar-refractivity contribution in [2.75, 3.05) is 26.0 Å². The van der Waals surface area contributed by atoms with E-state index < -0.39 is 0 Å². The lowest BCUT2D eigenvalue weighted by Crippen LogP contribution is -2.29. The van der Waals surface area contributed by atoms with E-state index in [0.717, 1.165) is 24.1 Å². The Bertz CT molecular complexity index is 721. The van der Waals surface area contributed by atoms with Crippen LogP contribution in [0, 0.1) is 0 Å². The summed E-state index contributed by atoms with van der Waals surface area (Å²) in [6.45, 7) is 0.574. The molecular formula is C21H26N2O2. The third-order valence-electron chi connectivity index (χ3n) is 4.68. The summed E-state index contributed by atoms with van der Waals surface area (Å²) in [7, 11) is 5.87. The van der Waals surface area contributed by atoms with Gasteiger partial charge in [-0.1, -0.05) is 24.3 Å². The van der Waals surface area contributed by atoms with Crippen molar-refractivity contribution in [2.45, 2.75) is 31.9 Å². The molecule has 0 aromatic heterocycles. The molecule has 0 bridgehead atoms. The third-order valence-corrected chi connectivity index (χ3v) is 4.68. The van der Waals surface area contributed by atoms with Gasteiger partial charge in [0.25, 0.3) is 5.91 Å². The zero-order chi connectivity index (χ0) is 17.8. The molecule has 1 saturated carbocycles. The van der Waals surface area contributed by atoms with Crippen molar-refractivity contribution >= 4 is 11.6 Å². The molecule has 2 aromatic rings. The van der Waals surface area contributed by atoms with E-state index in [9.17, 15) is 4.79 Å². The Kier molecular flexibility index (Phi) is 5.27. The Morgan fingerprint density at radius 3 is 2.32 bits per heavy atom. The van der Waals surface area contributed by atoms with Crippen LogP contribution in [0.2, 0.25) is 0 Å². The van der Waals surface area contributed by atoms with Gasteiger partial charge in [-0.15, -0.1) is 0 Å². The number of carbonyl (C=O) groups is 1. The first-order chi connectivity index (χ1) is 12.0. The van der Waals surface area contributed by atoms with Crippen LogP contribution in [0.1, 0.15) is 35.2 Å². The fraction of sp³-hybridized carbons (Fsp3) is 0.381. The lowest BCUT2D eigenvalue weighted by atomic mass is 9.96. The highest BCUT2D eigenvalue weighted by atomic mass is 16.5. The predicted octanol–water partition coefficient (Wildman–Crippen LogP) is 3.96. The van der Waals surface area contributed by atoms with E-state index >= 15 is 0 Å². The van der Waals surface area contributed by atoms with Crippen molar-refractivity contribution in [3.05, 3.63) is 59.7 Å². The van der Waals surface area contributed by atoms with Gasteiger partial charge in [0.1, 0.15) is 5.75 Å². The summed E-state index contributed by atoms with van der Waals surface area (Å²) in [4.78, 5) is 16.7. The van der Waals surface area contributed by atoms with E-state index in [-0.39, 0.29) is 12.0 Å². The second kappa shape index (κ2) is 7.60. The van der Waals surface area contributed by atoms with Crippen molar-refractivity contribution in [3.8, 4) is 5.75 Å². The molecule has 25 heavy (non-hydrogen) atoms. The molecule has 0 atom stereocenters. The van der Waals surface area contributed by atoms with Gasteiger partial charge in [0, 0.05) is 33.4 Å². The fourth-order valence-electron chi connectivity index (χ4n) is 2.87. The summed E-state index contributed by atoms with van der Waals surface area (Å²) in [5.41, 5.74) is 2.90. The summed E-state index contributed by atoms with van der Waals surface area (Å²) in [6, 6.07) is 15.8. The zero-order valence-electron chi connectivity index (χ0n) is 15.2. The topological polar surface area (TPSA) is 32.8 Å². The van der Waals surface area contributed by atoms with Crippen molar-refractivity contribution in [3.63, 3.8) is 0 Å². The van der Waals surface area contributed by atoms with Gasteiger partial charge in [-0.25, -0.2) is 0 Å². The van der Waals surface area contributed by atoms with E-state index in [1.165, 1.54) is 6.42 Å². The van der Waals surface area contributed by atoms with Crippen LogP contribution in [-0.4, -0.2) is 38.1 Å². The Balaban J connectivity index is 1.69. The number of anilines is 1. The Morgan fingerprint density at radius 2 is 1.72 bits per heavy atom. The van der Waals surface area contributed by atoms with Crippen molar-refractivity contribution in [2.24, 2.45) is 0 Å². The van der Waals surface area contributed by atoms with Crippen LogP contribution in [0.5, 0.6) is 5.75 Å². The highest BCUT2D eigenvalue weighted by Crippen LogP contribution is 2.28. The normalized spacial score (nSPS) is 13.9. The molecule has 1 amide bonds. The lowest BCUT2D eigenvalue weighted by molar-refractivity contribution is 0.0766. The number of carbonyl (C=O) groups excluding carboxylic acids is 1. The average Bonchev–Trinajstić information content (AvgIpc) is 2.58. The minimum absolute atomic E-state index is 0.00777. The standard InChI is InChI=1S/C21H26N2O2/c1-22(2)17-13-11-16(12-14-17)15-23(3)21(24)19-9-4-5-10-20(19)25-18-7-6-8-18/h4-5,9-14,18H,6-8,15H2,1-3H3. The van der Waals surface area contributed by atoms with Gasteiger partial charge >= 0.3 is 0 Å². The van der Waals surface area contributed by atoms with Crippen LogP contribution in [0.4, 0.5) is 5.69 Å². The summed E-state index contributed by atoms with van der Waals surface area (Å²) in [6.07, 6.45) is 3.63. The Morgan fingerprint density at radius 1 is 1.04 bits per heavy atom. The average molecular weight is 338 g/mol. The molecule has 0 saturated heterocycles. The summed E-state index contributed by atoms with van der Waals surface area (Å²) in [5.74, 6) is 0.693. The van der Waals surface area contributed by atoms with E-state index in [1.807, 2.05) is 45.4 Å². The van der Waals surface area contributed by atoms with Crippen LogP contribution in [0.15, 0.2) is 48.5 Å². The third kappa shape index (κ3) is 4.13. The Hall–Kier alpha value is -2.49. The zero-order valence-corrected chi connectivity index (χ0v) is 15.2. The molecule has 0 heterocycles. The summed E-state index contributed by atoms with van der Waals surface area (Å²) in [5, 5.41) is 0. The second-order valence-electron chi connectivity index (χ2n) is 6.89. The molecule has 4 heteroatoms. The molecule has 1 fully saturated rings. The number of ether oxygens (including phenoxy) is 1. The summed E-state index contributed by atoms with van der Waals surface area (Å²) >= 11 is 0. The molecule has 1 aliphatic carbocycles. The number of hydrogen-bond acceptors (Lipinski definition) is 3. The quantitative estimate of drug-likeness (QED) is 0.799. The number of para-hydroxylation sites is 1. The number of amides is 1. The van der Waals surface area contributed by atoms with E-state index in [1.54, 1.807) is 4.90 Å². The lowest BCUT2D eigenvalue weighted by Gasteiger charge is -2.28. The van der Waals surface area contributed by atoms with Crippen LogP contribution in [0.25, 0.3) is 0 Å². The van der Waals surface area contributed by atoms with E-state index in [0.29, 0.717) is 17.9 Å². The minimum Gasteiger partial charge on any atom is -0.490 e. The van der Waals surface area contributed by atoms with Gasteiger partial charge in [0.05, 0.1) is 11.7 Å². The highest BCUT2D eigenvalue weighted by molar-refractivity contribution is 5.96. The molecule has 0 unspecified atom stereocenters. The van der Waals surface area contributed by atoms with E-state index in [4.69, 9.17) is 4.74 Å². The van der Waals surface area contributed by atoms with Crippen molar-refractivity contribution < 1.29 is 9.53 Å². The molecule has 0 spiro atoms. The molecular weight excluding hydrogens is 312 g/mol. The molecule has 4 nitrogen and oxygen atoms in total. The monoisotopic (exact) mass is 338 g/mol. The van der Waals surface area contributed by atoms with Crippen molar-refractivity contribution in [1.29, 1.82) is 0 Å². The number of benzene rings is 2. The molecule has 0 aliphatic heterocycles. The van der Waals surface area contributed by atoms with Gasteiger partial charge in [-0.3, -0.25) is 4.79 Å². The minimum atomic E-state index is -0.00777. The molecule has 2 aromatic carbocycles. The molecule has 0 radical (unpaired) electrons. The smallest absolute Gasteiger partial charge is 0.257 e. The largest absolute Gasteiger partial charge is 0.490 e. The molecule has 132 valence electrons. The van der Waals surface area contributed by atoms with Crippen LogP contribution < -0.4 is 9.64 Å². The molecule has 0 N–H and O–H groups in total. The first-order valence-corrected chi connectivity index (χ1v) is 8.82. The van der Waals surface area contributed by atoms with Gasteiger partial charge in [0.15, 0.2) is 0 Å². The highest BCUT2D eigenvalue weighted by Gasteiger charge is 2.23. The summed E-state index contributed by atoms with van der Waals surface area (Å²) < 4.78 is 5.99. The maximum absolute atomic E-state index is 12.9. The first-order valence-electron chi connectivity index (χ1n) is 8.82. The second-order valence-corrected chi connectivity index (χ2v) is 6.89. The molecule has 3 rings (SSSR count). The maximum atomic E-state index is 12.9. The van der Waals surface area contributed by atoms with Crippen LogP contribution >= 0.6 is 0 Å². The Labute approximate surface area is 150 Å². The maximum Gasteiger partial charge on any atom is 0.257 e. The van der Waals surface area contributed by atoms with Gasteiger partial charge in [-0.05, 0) is 49.1 Å². The first kappa shape index (κ1) is 17.3. The fourth-order valence-corrected chi connectivity index (χ4v) is 2.87. The van der Waals surface area contributed by atoms with Crippen LogP contribution in [0.3, 0.4) is 0 Å². The SMILES string of the molecule is CN(Cc1ccc(N(C)C)cc1)C(=O)c1ccccc1OC1CCC1. The van der Waals surface area contributed by atoms with Gasteiger partial charge in [0.2, 0.25) is 0 Å². The number of rotatable bonds is 6. The number of hydrogen-bond donors (Lipinski definition) is 0. The van der Waals surface area contributed by atoms with Crippen molar-refractivity contribution in [1.82, 2.24) is 4.90 Å². The van der Waals surface area contributed by atoms with Crippen LogP contribution in [-0.2, 0) is 6.54 Å². The number of nitrogens with zero attached hydrogens (tertiary/aromatic N) is 2. The predicted molar refractivity (Wildman–Crippen MR) is 101 cm³/mol.